The van der Waals surface area contributed by atoms with Crippen molar-refractivity contribution >= 4 is 64.3 Å². The molecule has 0 unspecified atom stereocenters. The van der Waals surface area contributed by atoms with Crippen molar-refractivity contribution in [1.29, 1.82) is 0 Å². The van der Waals surface area contributed by atoms with Gasteiger partial charge in [0.2, 0.25) is 0 Å². The molecule has 6 aromatic carbocycles. The summed E-state index contributed by atoms with van der Waals surface area (Å²) in [7, 11) is 14.8. The average Bonchev–Trinajstić information content (AvgIpc) is 3.06. The Morgan fingerprint density at radius 1 is 0.277 bits per heavy atom. The normalized spacial score (nSPS) is 13.3. The number of rotatable bonds is 8. The molecule has 0 spiro atoms. The van der Waals surface area contributed by atoms with Crippen LogP contribution in [0.15, 0.2) is 146 Å². The van der Waals surface area contributed by atoms with Crippen molar-refractivity contribution in [1.82, 2.24) is 0 Å². The minimum atomic E-state index is -3.26. The first kappa shape index (κ1) is 34.1. The molecule has 0 aromatic heterocycles. The molecule has 47 heavy (non-hydrogen) atoms. The quantitative estimate of drug-likeness (QED) is 0.108. The summed E-state index contributed by atoms with van der Waals surface area (Å²) in [6.07, 6.45) is 0. The van der Waals surface area contributed by atoms with Crippen molar-refractivity contribution in [3.05, 3.63) is 179 Å². The van der Waals surface area contributed by atoms with Crippen LogP contribution in [0.1, 0.15) is 33.4 Å². The summed E-state index contributed by atoms with van der Waals surface area (Å²) in [6, 6.07) is 48.1. The third-order valence-corrected chi connectivity index (χ3v) is 42.4. The van der Waals surface area contributed by atoms with Crippen molar-refractivity contribution < 1.29 is 9.74 Å². The molecule has 0 nitrogen and oxygen atoms in total. The summed E-state index contributed by atoms with van der Waals surface area (Å²) in [5, 5.41) is 7.44. The monoisotopic (exact) mass is 738 g/mol. The maximum absolute atomic E-state index is 8.81. The number of hydrogen-bond acceptors (Lipinski definition) is 0. The van der Waals surface area contributed by atoms with E-state index in [1.165, 1.54) is 65.2 Å². The Kier molecular flexibility index (Phi) is 9.90. The van der Waals surface area contributed by atoms with E-state index in [4.69, 9.17) is 20.4 Å². The molecule has 0 radical (unpaired) electrons. The van der Waals surface area contributed by atoms with Crippen LogP contribution in [-0.2, 0) is 9.74 Å². The van der Waals surface area contributed by atoms with Crippen molar-refractivity contribution in [2.24, 2.45) is 0 Å². The molecule has 0 amide bonds. The van der Waals surface area contributed by atoms with Crippen LogP contribution < -0.4 is 31.8 Å². The van der Waals surface area contributed by atoms with Gasteiger partial charge >= 0.3 is 295 Å². The second-order valence-electron chi connectivity index (χ2n) is 12.8. The second kappa shape index (κ2) is 13.6. The van der Waals surface area contributed by atoms with Crippen molar-refractivity contribution in [2.45, 2.75) is 41.5 Å². The van der Waals surface area contributed by atoms with Crippen LogP contribution in [0.3, 0.4) is 0 Å². The van der Waals surface area contributed by atoms with Crippen molar-refractivity contribution in [3.63, 3.8) is 0 Å². The fraction of sp³-hybridized carbons (Fsp3) is 0.143. The first-order valence-corrected chi connectivity index (χ1v) is 25.3. The number of hydrogen-bond donors (Lipinski definition) is 0. The van der Waals surface area contributed by atoms with Gasteiger partial charge in [0.05, 0.1) is 0 Å². The van der Waals surface area contributed by atoms with Gasteiger partial charge < -0.3 is 0 Å². The van der Waals surface area contributed by atoms with Crippen molar-refractivity contribution in [2.75, 3.05) is 0 Å². The summed E-state index contributed by atoms with van der Waals surface area (Å²) in [6.45, 7) is 12.9. The molecule has 0 aliphatic heterocycles. The summed E-state index contributed by atoms with van der Waals surface area (Å²) in [4.78, 5) is 0. The molecular formula is C42H44Cl2NiP2. The predicted octanol–water partition coefficient (Wildman–Crippen LogP) is 9.58. The Bertz CT molecular complexity index is 1600. The fourth-order valence-corrected chi connectivity index (χ4v) is 46.4. The Morgan fingerprint density at radius 3 is 0.532 bits per heavy atom. The molecule has 0 saturated carbocycles. The Hall–Kier alpha value is -2.75. The Labute approximate surface area is 292 Å². The maximum atomic E-state index is 8.81. The molecular weight excluding hydrogens is 696 g/mol. The molecule has 246 valence electrons. The fourth-order valence-electron chi connectivity index (χ4n) is 6.50. The zero-order valence-corrected chi connectivity index (χ0v) is 32.4. The second-order valence-corrected chi connectivity index (χ2v) is 36.3. The van der Waals surface area contributed by atoms with Gasteiger partial charge in [0.1, 0.15) is 0 Å². The zero-order valence-electron chi connectivity index (χ0n) is 27.9. The van der Waals surface area contributed by atoms with E-state index in [-0.39, 0.29) is 0 Å². The van der Waals surface area contributed by atoms with E-state index in [0.29, 0.717) is 0 Å². The summed E-state index contributed by atoms with van der Waals surface area (Å²) >= 11 is 0. The van der Waals surface area contributed by atoms with E-state index in [9.17, 15) is 0 Å². The zero-order chi connectivity index (χ0) is 33.4. The van der Waals surface area contributed by atoms with E-state index in [0.717, 1.165) is 0 Å². The number of halogens is 2. The molecule has 0 fully saturated rings. The van der Waals surface area contributed by atoms with Gasteiger partial charge in [0.25, 0.3) is 0 Å². The van der Waals surface area contributed by atoms with Crippen LogP contribution in [0.2, 0.25) is 0 Å². The van der Waals surface area contributed by atoms with Crippen LogP contribution in [0.5, 0.6) is 0 Å². The van der Waals surface area contributed by atoms with Crippen LogP contribution >= 0.6 is 32.5 Å². The van der Waals surface area contributed by atoms with E-state index in [1.807, 2.05) is 0 Å². The van der Waals surface area contributed by atoms with Gasteiger partial charge in [-0.15, -0.1) is 0 Å². The van der Waals surface area contributed by atoms with Gasteiger partial charge in [-0.25, -0.2) is 0 Å². The van der Waals surface area contributed by atoms with Gasteiger partial charge in [0, 0.05) is 0 Å². The molecule has 0 heterocycles. The first-order valence-electron chi connectivity index (χ1n) is 16.0. The molecule has 0 saturated heterocycles. The molecule has 6 aromatic rings. The standard InChI is InChI=1S/2C21H21P.2ClH.Ni/c2*1-16-4-10-19(11-5-16)22(20-12-6-17(2)7-13-20)21-14-8-18(3)9-15-21;;;/h2*4-15H,1-3H3;2*1H;. The number of benzene rings is 6. The molecule has 0 N–H and O–H groups in total. The number of aryl methyl sites for hydroxylation is 6. The first-order chi connectivity index (χ1) is 22.5. The Morgan fingerprint density at radius 2 is 0.404 bits per heavy atom. The van der Waals surface area contributed by atoms with Gasteiger partial charge in [-0.3, -0.25) is 0 Å². The third kappa shape index (κ3) is 5.95. The topological polar surface area (TPSA) is 0 Å². The van der Waals surface area contributed by atoms with Crippen LogP contribution in [0, 0.1) is 41.5 Å². The van der Waals surface area contributed by atoms with Gasteiger partial charge in [-0.1, -0.05) is 0 Å². The molecule has 5 heteroatoms. The van der Waals surface area contributed by atoms with Gasteiger partial charge in [0.15, 0.2) is 0 Å². The van der Waals surface area contributed by atoms with E-state index in [2.05, 4.69) is 187 Å². The van der Waals surface area contributed by atoms with Gasteiger partial charge in [-0.2, -0.15) is 0 Å². The molecule has 0 bridgehead atoms. The molecule has 0 aliphatic rings. The van der Waals surface area contributed by atoms with E-state index in [1.54, 1.807) is 0 Å². The van der Waals surface area contributed by atoms with Crippen LogP contribution in [-0.4, -0.2) is 0 Å². The average molecular weight is 740 g/mol. The molecule has 0 aliphatic carbocycles. The van der Waals surface area contributed by atoms with Crippen LogP contribution in [0.4, 0.5) is 0 Å². The molecule has 0 atom stereocenters. The molecule has 6 rings (SSSR count). The third-order valence-electron chi connectivity index (χ3n) is 9.18. The predicted molar refractivity (Wildman–Crippen MR) is 213 cm³/mol. The summed E-state index contributed by atoms with van der Waals surface area (Å²) in [5.74, 6) is 0. The summed E-state index contributed by atoms with van der Waals surface area (Å²) in [5.41, 5.74) is 7.30. The van der Waals surface area contributed by atoms with E-state index < -0.39 is 21.8 Å². The van der Waals surface area contributed by atoms with Crippen molar-refractivity contribution in [3.8, 4) is 0 Å². The van der Waals surface area contributed by atoms with E-state index >= 15 is 0 Å². The SMILES string of the molecule is Cc1ccc([PH](c2ccc(C)cc2)(c2ccc(C)cc2)[Ni]([Cl])([Cl])[PH](c2ccc(C)cc2)(c2ccc(C)cc2)c2ccc(C)cc2)cc1. The summed E-state index contributed by atoms with van der Waals surface area (Å²) < 4.78 is 0. The Balaban J connectivity index is 1.88. The van der Waals surface area contributed by atoms with Crippen LogP contribution in [0.25, 0.3) is 0 Å². The van der Waals surface area contributed by atoms with Gasteiger partial charge in [-0.05, 0) is 0 Å². The minimum absolute atomic E-state index is 1.22.